The summed E-state index contributed by atoms with van der Waals surface area (Å²) >= 11 is 1.66. The number of rotatable bonds is 4. The van der Waals surface area contributed by atoms with Crippen LogP contribution >= 0.6 is 11.3 Å². The number of hydrogen-bond acceptors (Lipinski definition) is 5. The van der Waals surface area contributed by atoms with Crippen molar-refractivity contribution in [1.82, 2.24) is 30.4 Å². The number of aliphatic imine (C=N–C) groups is 1. The van der Waals surface area contributed by atoms with E-state index >= 15 is 0 Å². The molecule has 22 heavy (non-hydrogen) atoms. The lowest BCUT2D eigenvalue weighted by molar-refractivity contribution is 0.570. The van der Waals surface area contributed by atoms with E-state index in [0.717, 1.165) is 22.5 Å². The summed E-state index contributed by atoms with van der Waals surface area (Å²) in [5, 5.41) is 13.7. The number of hydrogen-bond donors (Lipinski definition) is 2. The van der Waals surface area contributed by atoms with Crippen LogP contribution in [0.4, 0.5) is 0 Å². The summed E-state index contributed by atoms with van der Waals surface area (Å²) in [6.45, 7) is 7.72. The third-order valence-corrected chi connectivity index (χ3v) is 4.02. The van der Waals surface area contributed by atoms with Gasteiger partial charge in [0.1, 0.15) is 17.2 Å². The van der Waals surface area contributed by atoms with Gasteiger partial charge >= 0.3 is 0 Å². The fraction of sp³-hybridized carbons (Fsp3) is 0.571. The van der Waals surface area contributed by atoms with Gasteiger partial charge in [-0.1, -0.05) is 20.8 Å². The Balaban J connectivity index is 1.86. The first-order valence-electron chi connectivity index (χ1n) is 7.12. The summed E-state index contributed by atoms with van der Waals surface area (Å²) in [6, 6.07) is 0. The van der Waals surface area contributed by atoms with Crippen molar-refractivity contribution < 1.29 is 0 Å². The van der Waals surface area contributed by atoms with Gasteiger partial charge < -0.3 is 10.6 Å². The topological polar surface area (TPSA) is 80.0 Å². The minimum absolute atomic E-state index is 0.0832. The Morgan fingerprint density at radius 1 is 1.32 bits per heavy atom. The molecule has 0 bridgehead atoms. The Morgan fingerprint density at radius 2 is 2.05 bits per heavy atom. The number of thiazole rings is 1. The van der Waals surface area contributed by atoms with Crippen molar-refractivity contribution in [2.45, 2.75) is 39.3 Å². The average molecular weight is 321 g/mol. The molecule has 2 N–H and O–H groups in total. The van der Waals surface area contributed by atoms with Crippen molar-refractivity contribution in [3.8, 4) is 0 Å². The van der Waals surface area contributed by atoms with Crippen molar-refractivity contribution in [3.63, 3.8) is 0 Å². The Hall–Kier alpha value is -1.96. The Bertz CT molecular complexity index is 636. The first-order valence-corrected chi connectivity index (χ1v) is 8.00. The van der Waals surface area contributed by atoms with Gasteiger partial charge in [-0.3, -0.25) is 9.67 Å². The molecule has 2 rings (SSSR count). The van der Waals surface area contributed by atoms with Gasteiger partial charge in [0.2, 0.25) is 0 Å². The van der Waals surface area contributed by atoms with Gasteiger partial charge in [-0.25, -0.2) is 9.97 Å². The molecule has 0 saturated heterocycles. The van der Waals surface area contributed by atoms with Crippen molar-refractivity contribution in [3.05, 3.63) is 28.2 Å². The monoisotopic (exact) mass is 321 g/mol. The van der Waals surface area contributed by atoms with Crippen LogP contribution in [0.25, 0.3) is 0 Å². The van der Waals surface area contributed by atoms with Gasteiger partial charge in [0.05, 0.1) is 18.8 Å². The molecule has 0 aliphatic heterocycles. The van der Waals surface area contributed by atoms with E-state index < -0.39 is 0 Å². The predicted octanol–water partition coefficient (Wildman–Crippen LogP) is 1.43. The van der Waals surface area contributed by atoms with Crippen LogP contribution in [-0.2, 0) is 25.6 Å². The average Bonchev–Trinajstić information content (AvgIpc) is 3.08. The molecule has 0 aliphatic rings. The Labute approximate surface area is 134 Å². The number of nitrogens with one attached hydrogen (secondary N) is 2. The molecule has 2 heterocycles. The fourth-order valence-electron chi connectivity index (χ4n) is 1.76. The summed E-state index contributed by atoms with van der Waals surface area (Å²) in [4.78, 5) is 13.0. The highest BCUT2D eigenvalue weighted by molar-refractivity contribution is 7.09. The lowest BCUT2D eigenvalue weighted by Crippen LogP contribution is -2.37. The standard InChI is InChI=1S/C14H23N7S/c1-14(2,3)10-8-22-12(20-10)7-17-13(15-4)16-6-11-18-9-19-21(11)5/h8-9H,6-7H2,1-5H3,(H2,15,16,17). The van der Waals surface area contributed by atoms with Crippen molar-refractivity contribution in [2.24, 2.45) is 12.0 Å². The van der Waals surface area contributed by atoms with E-state index in [4.69, 9.17) is 0 Å². The van der Waals surface area contributed by atoms with Gasteiger partial charge in [-0.2, -0.15) is 5.10 Å². The molecule has 2 aromatic rings. The highest BCUT2D eigenvalue weighted by Crippen LogP contribution is 2.23. The van der Waals surface area contributed by atoms with Crippen LogP contribution in [0.15, 0.2) is 16.7 Å². The van der Waals surface area contributed by atoms with Crippen LogP contribution < -0.4 is 10.6 Å². The zero-order valence-corrected chi connectivity index (χ0v) is 14.5. The van der Waals surface area contributed by atoms with E-state index in [1.807, 2.05) is 7.05 Å². The summed E-state index contributed by atoms with van der Waals surface area (Å²) in [7, 11) is 3.61. The fourth-order valence-corrected chi connectivity index (χ4v) is 2.72. The molecule has 0 unspecified atom stereocenters. The quantitative estimate of drug-likeness (QED) is 0.658. The maximum Gasteiger partial charge on any atom is 0.191 e. The van der Waals surface area contributed by atoms with Crippen LogP contribution in [-0.4, -0.2) is 32.8 Å². The number of guanidine groups is 1. The maximum atomic E-state index is 4.66. The molecule has 8 heteroatoms. The molecule has 2 aromatic heterocycles. The highest BCUT2D eigenvalue weighted by atomic mass is 32.1. The zero-order chi connectivity index (χ0) is 16.2. The summed E-state index contributed by atoms with van der Waals surface area (Å²) in [5.41, 5.74) is 1.20. The van der Waals surface area contributed by atoms with Crippen LogP contribution in [0.3, 0.4) is 0 Å². The maximum absolute atomic E-state index is 4.66. The molecule has 120 valence electrons. The van der Waals surface area contributed by atoms with Crippen LogP contribution in [0.1, 0.15) is 37.3 Å². The van der Waals surface area contributed by atoms with Gasteiger partial charge in [0.15, 0.2) is 5.96 Å². The van der Waals surface area contributed by atoms with Gasteiger partial charge in [0.25, 0.3) is 0 Å². The second-order valence-electron chi connectivity index (χ2n) is 5.96. The van der Waals surface area contributed by atoms with Crippen LogP contribution in [0.2, 0.25) is 0 Å². The number of nitrogens with zero attached hydrogens (tertiary/aromatic N) is 5. The second-order valence-corrected chi connectivity index (χ2v) is 6.90. The normalized spacial score (nSPS) is 12.5. The molecule has 0 saturated carbocycles. The van der Waals surface area contributed by atoms with E-state index in [1.165, 1.54) is 6.33 Å². The number of aryl methyl sites for hydroxylation is 1. The van der Waals surface area contributed by atoms with E-state index in [9.17, 15) is 0 Å². The van der Waals surface area contributed by atoms with E-state index in [-0.39, 0.29) is 5.41 Å². The largest absolute Gasteiger partial charge is 0.350 e. The van der Waals surface area contributed by atoms with Gasteiger partial charge in [0, 0.05) is 24.9 Å². The van der Waals surface area contributed by atoms with E-state index in [1.54, 1.807) is 23.1 Å². The smallest absolute Gasteiger partial charge is 0.191 e. The summed E-state index contributed by atoms with van der Waals surface area (Å²) in [5.74, 6) is 1.57. The molecular weight excluding hydrogens is 298 g/mol. The Morgan fingerprint density at radius 3 is 2.59 bits per heavy atom. The first kappa shape index (κ1) is 16.4. The summed E-state index contributed by atoms with van der Waals surface area (Å²) in [6.07, 6.45) is 1.54. The molecule has 0 aromatic carbocycles. The molecular formula is C14H23N7S. The molecule has 0 atom stereocenters. The van der Waals surface area contributed by atoms with Crippen molar-refractivity contribution in [2.75, 3.05) is 7.05 Å². The second kappa shape index (κ2) is 6.87. The van der Waals surface area contributed by atoms with Crippen molar-refractivity contribution >= 4 is 17.3 Å². The molecule has 7 nitrogen and oxygen atoms in total. The van der Waals surface area contributed by atoms with Crippen molar-refractivity contribution in [1.29, 1.82) is 0 Å². The molecule has 0 radical (unpaired) electrons. The molecule has 0 fully saturated rings. The lowest BCUT2D eigenvalue weighted by atomic mass is 9.93. The zero-order valence-electron chi connectivity index (χ0n) is 13.7. The lowest BCUT2D eigenvalue weighted by Gasteiger charge is -2.14. The minimum atomic E-state index is 0.0832. The predicted molar refractivity (Wildman–Crippen MR) is 88.9 cm³/mol. The Kier molecular flexibility index (Phi) is 5.12. The molecule has 0 amide bonds. The number of aromatic nitrogens is 4. The molecule has 0 spiro atoms. The van der Waals surface area contributed by atoms with Gasteiger partial charge in [-0.15, -0.1) is 11.3 Å². The third kappa shape index (κ3) is 4.27. The summed E-state index contributed by atoms with van der Waals surface area (Å²) < 4.78 is 1.73. The third-order valence-electron chi connectivity index (χ3n) is 3.17. The van der Waals surface area contributed by atoms with Gasteiger partial charge in [-0.05, 0) is 0 Å². The molecule has 0 aliphatic carbocycles. The minimum Gasteiger partial charge on any atom is -0.350 e. The van der Waals surface area contributed by atoms with Crippen LogP contribution in [0, 0.1) is 0 Å². The van der Waals surface area contributed by atoms with E-state index in [0.29, 0.717) is 13.1 Å². The SMILES string of the molecule is CN=C(NCc1nc(C(C)(C)C)cs1)NCc1ncnn1C. The van der Waals surface area contributed by atoms with Crippen LogP contribution in [0.5, 0.6) is 0 Å². The van der Waals surface area contributed by atoms with E-state index in [2.05, 4.69) is 56.8 Å². The highest BCUT2D eigenvalue weighted by Gasteiger charge is 2.17. The first-order chi connectivity index (χ1) is 10.4.